The number of hydrogen-bond acceptors (Lipinski definition) is 3. The summed E-state index contributed by atoms with van der Waals surface area (Å²) in [6.07, 6.45) is -0.620. The van der Waals surface area contributed by atoms with Crippen molar-refractivity contribution in [2.45, 2.75) is 12.1 Å². The maximum Gasteiger partial charge on any atom is 0.232 e. The van der Waals surface area contributed by atoms with Crippen molar-refractivity contribution in [3.05, 3.63) is 65.5 Å². The van der Waals surface area contributed by atoms with E-state index >= 15 is 0 Å². The Labute approximate surface area is 143 Å². The van der Waals surface area contributed by atoms with Gasteiger partial charge in [-0.2, -0.15) is 0 Å². The summed E-state index contributed by atoms with van der Waals surface area (Å²) >= 11 is 0. The van der Waals surface area contributed by atoms with E-state index in [1.165, 1.54) is 31.4 Å². The largest absolute Gasteiger partial charge is 0.366 e. The van der Waals surface area contributed by atoms with Crippen LogP contribution in [0.25, 0.3) is 0 Å². The van der Waals surface area contributed by atoms with Crippen LogP contribution in [0.2, 0.25) is 0 Å². The van der Waals surface area contributed by atoms with Gasteiger partial charge >= 0.3 is 0 Å². The van der Waals surface area contributed by atoms with Crippen molar-refractivity contribution in [3.8, 4) is 0 Å². The monoisotopic (exact) mass is 350 g/mol. The van der Waals surface area contributed by atoms with Crippen molar-refractivity contribution in [2.75, 3.05) is 19.0 Å². The highest BCUT2D eigenvalue weighted by molar-refractivity contribution is 5.94. The summed E-state index contributed by atoms with van der Waals surface area (Å²) < 4.78 is 45.8. The molecule has 0 spiro atoms. The highest BCUT2D eigenvalue weighted by Gasteiger charge is 2.42. The van der Waals surface area contributed by atoms with Crippen molar-refractivity contribution < 1.29 is 22.7 Å². The first-order valence-corrected chi connectivity index (χ1v) is 7.77. The zero-order valence-corrected chi connectivity index (χ0v) is 13.4. The van der Waals surface area contributed by atoms with Gasteiger partial charge in [0.25, 0.3) is 0 Å². The molecule has 0 saturated carbocycles. The molecule has 2 aromatic rings. The molecule has 1 saturated heterocycles. The lowest BCUT2D eigenvalue weighted by Crippen LogP contribution is -2.37. The number of carbonyl (C=O) groups is 1. The number of benzene rings is 2. The minimum absolute atomic E-state index is 0.0540. The number of hydrogen-bond donors (Lipinski definition) is 2. The number of methoxy groups -OCH3 is 1. The van der Waals surface area contributed by atoms with E-state index in [-0.39, 0.29) is 5.69 Å². The smallest absolute Gasteiger partial charge is 0.232 e. The minimum atomic E-state index is -0.980. The molecule has 3 unspecified atom stereocenters. The van der Waals surface area contributed by atoms with Crippen molar-refractivity contribution in [1.82, 2.24) is 5.32 Å². The van der Waals surface area contributed by atoms with Crippen LogP contribution in [0, 0.1) is 23.4 Å². The Morgan fingerprint density at radius 1 is 1.12 bits per heavy atom. The molecule has 0 bridgehead atoms. The third-order valence-electron chi connectivity index (χ3n) is 4.36. The first kappa shape index (κ1) is 17.4. The van der Waals surface area contributed by atoms with E-state index < -0.39 is 41.4 Å². The molecule has 3 atom stereocenters. The van der Waals surface area contributed by atoms with Gasteiger partial charge in [0.2, 0.25) is 5.91 Å². The fraction of sp³-hybridized carbons (Fsp3) is 0.278. The molecule has 1 aliphatic heterocycles. The lowest BCUT2D eigenvalue weighted by molar-refractivity contribution is -0.124. The van der Waals surface area contributed by atoms with Crippen LogP contribution in [0.15, 0.2) is 42.5 Å². The van der Waals surface area contributed by atoms with E-state index in [4.69, 9.17) is 4.74 Å². The summed E-state index contributed by atoms with van der Waals surface area (Å²) in [6.45, 7) is 0.346. The highest BCUT2D eigenvalue weighted by atomic mass is 19.2. The summed E-state index contributed by atoms with van der Waals surface area (Å²) in [4.78, 5) is 12.7. The molecule has 0 aliphatic carbocycles. The summed E-state index contributed by atoms with van der Waals surface area (Å²) in [7, 11) is 1.44. The topological polar surface area (TPSA) is 50.4 Å². The molecule has 2 aromatic carbocycles. The Kier molecular flexibility index (Phi) is 5.06. The molecule has 1 amide bonds. The normalized spacial score (nSPS) is 22.8. The second-order valence-electron chi connectivity index (χ2n) is 5.84. The predicted octanol–water partition coefficient (Wildman–Crippen LogP) is 3.02. The maximum absolute atomic E-state index is 13.8. The Morgan fingerprint density at radius 2 is 1.88 bits per heavy atom. The van der Waals surface area contributed by atoms with E-state index in [2.05, 4.69) is 10.6 Å². The summed E-state index contributed by atoms with van der Waals surface area (Å²) in [6, 6.07) is 9.34. The molecule has 1 heterocycles. The third kappa shape index (κ3) is 3.52. The minimum Gasteiger partial charge on any atom is -0.366 e. The van der Waals surface area contributed by atoms with Crippen LogP contribution in [0.3, 0.4) is 0 Å². The highest BCUT2D eigenvalue weighted by Crippen LogP contribution is 2.34. The van der Waals surface area contributed by atoms with E-state index in [0.717, 1.165) is 12.1 Å². The van der Waals surface area contributed by atoms with E-state index in [1.807, 2.05) is 0 Å². The quantitative estimate of drug-likeness (QED) is 0.891. The second kappa shape index (κ2) is 7.25. The SMILES string of the molecule is COC1NCC(c2ccc(F)c(F)c2)C1C(=O)Nc1ccccc1F. The van der Waals surface area contributed by atoms with Crippen molar-refractivity contribution >= 4 is 11.6 Å². The molecule has 4 nitrogen and oxygen atoms in total. The number of halogens is 3. The number of para-hydroxylation sites is 1. The zero-order chi connectivity index (χ0) is 18.0. The molecule has 3 rings (SSSR count). The van der Waals surface area contributed by atoms with Crippen LogP contribution in [-0.2, 0) is 9.53 Å². The number of ether oxygens (including phenoxy) is 1. The van der Waals surface area contributed by atoms with Gasteiger partial charge in [0.05, 0.1) is 11.6 Å². The van der Waals surface area contributed by atoms with Crippen molar-refractivity contribution in [1.29, 1.82) is 0 Å². The number of carbonyl (C=O) groups excluding carboxylic acids is 1. The van der Waals surface area contributed by atoms with Gasteiger partial charge in [0.1, 0.15) is 12.0 Å². The first-order chi connectivity index (χ1) is 12.0. The zero-order valence-electron chi connectivity index (χ0n) is 13.4. The van der Waals surface area contributed by atoms with Crippen molar-refractivity contribution in [2.24, 2.45) is 5.92 Å². The second-order valence-corrected chi connectivity index (χ2v) is 5.84. The molecule has 0 aromatic heterocycles. The average molecular weight is 350 g/mol. The molecule has 7 heteroatoms. The molecular weight excluding hydrogens is 333 g/mol. The third-order valence-corrected chi connectivity index (χ3v) is 4.36. The Bertz CT molecular complexity index is 785. The number of rotatable bonds is 4. The molecule has 1 aliphatic rings. The van der Waals surface area contributed by atoms with Gasteiger partial charge in [-0.3, -0.25) is 10.1 Å². The van der Waals surface area contributed by atoms with Gasteiger partial charge in [-0.05, 0) is 29.8 Å². The number of anilines is 1. The van der Waals surface area contributed by atoms with Crippen LogP contribution < -0.4 is 10.6 Å². The van der Waals surface area contributed by atoms with Gasteiger partial charge < -0.3 is 10.1 Å². The average Bonchev–Trinajstić information content (AvgIpc) is 3.03. The first-order valence-electron chi connectivity index (χ1n) is 7.77. The summed E-state index contributed by atoms with van der Waals surface area (Å²) in [5.41, 5.74) is 0.526. The van der Waals surface area contributed by atoms with Crippen LogP contribution in [0.1, 0.15) is 11.5 Å². The van der Waals surface area contributed by atoms with Gasteiger partial charge in [0.15, 0.2) is 11.6 Å². The van der Waals surface area contributed by atoms with Gasteiger partial charge in [-0.25, -0.2) is 13.2 Å². The van der Waals surface area contributed by atoms with Gasteiger partial charge in [-0.15, -0.1) is 0 Å². The molecule has 2 N–H and O–H groups in total. The lowest BCUT2D eigenvalue weighted by atomic mass is 9.87. The van der Waals surface area contributed by atoms with E-state index in [1.54, 1.807) is 6.07 Å². The number of nitrogens with one attached hydrogen (secondary N) is 2. The van der Waals surface area contributed by atoms with E-state index in [9.17, 15) is 18.0 Å². The fourth-order valence-corrected chi connectivity index (χ4v) is 3.11. The maximum atomic E-state index is 13.8. The summed E-state index contributed by atoms with van der Waals surface area (Å²) in [5.74, 6) is -4.12. The number of amides is 1. The Balaban J connectivity index is 1.87. The Hall–Kier alpha value is -2.38. The molecule has 0 radical (unpaired) electrons. The van der Waals surface area contributed by atoms with Crippen LogP contribution in [0.5, 0.6) is 0 Å². The molecule has 132 valence electrons. The fourth-order valence-electron chi connectivity index (χ4n) is 3.11. The molecule has 1 fully saturated rings. The van der Waals surface area contributed by atoms with Crippen LogP contribution in [0.4, 0.5) is 18.9 Å². The van der Waals surface area contributed by atoms with Gasteiger partial charge in [0, 0.05) is 19.6 Å². The summed E-state index contributed by atoms with van der Waals surface area (Å²) in [5, 5.41) is 5.57. The van der Waals surface area contributed by atoms with Gasteiger partial charge in [-0.1, -0.05) is 18.2 Å². The Morgan fingerprint density at radius 3 is 2.56 bits per heavy atom. The lowest BCUT2D eigenvalue weighted by Gasteiger charge is -2.23. The van der Waals surface area contributed by atoms with Crippen LogP contribution in [-0.4, -0.2) is 25.8 Å². The van der Waals surface area contributed by atoms with Crippen LogP contribution >= 0.6 is 0 Å². The van der Waals surface area contributed by atoms with E-state index in [0.29, 0.717) is 12.1 Å². The molecular formula is C18H17F3N2O2. The standard InChI is InChI=1S/C18H17F3N2O2/c1-25-18-16(17(24)23-15-5-3-2-4-13(15)20)11(9-22-18)10-6-7-12(19)14(21)8-10/h2-8,11,16,18,22H,9H2,1H3,(H,23,24). The predicted molar refractivity (Wildman–Crippen MR) is 86.4 cm³/mol. The van der Waals surface area contributed by atoms with Crippen molar-refractivity contribution in [3.63, 3.8) is 0 Å². The molecule has 25 heavy (non-hydrogen) atoms.